The van der Waals surface area contributed by atoms with E-state index in [1.807, 2.05) is 31.2 Å². The van der Waals surface area contributed by atoms with Crippen molar-refractivity contribution in [2.24, 2.45) is 0 Å². The van der Waals surface area contributed by atoms with Gasteiger partial charge in [-0.15, -0.1) is 0 Å². The molecule has 0 saturated carbocycles. The van der Waals surface area contributed by atoms with Crippen molar-refractivity contribution in [3.05, 3.63) is 34.3 Å². The summed E-state index contributed by atoms with van der Waals surface area (Å²) in [5.41, 5.74) is 0.0966. The largest absolute Gasteiger partial charge is 0.345 e. The molecule has 0 aliphatic carbocycles. The summed E-state index contributed by atoms with van der Waals surface area (Å²) in [5.74, 6) is -0.126. The number of hydrogen-bond acceptors (Lipinski definition) is 2. The third-order valence-corrected chi connectivity index (χ3v) is 3.35. The maximum Gasteiger partial charge on any atom is 0.256 e. The minimum Gasteiger partial charge on any atom is -0.345 e. The van der Waals surface area contributed by atoms with Gasteiger partial charge in [0.25, 0.3) is 5.91 Å². The topological polar surface area (TPSA) is 41.1 Å². The SMILES string of the molecule is CC1(c2ccccc2Br)NC(=S)NC1=O. The highest BCUT2D eigenvalue weighted by Crippen LogP contribution is 2.30. The van der Waals surface area contributed by atoms with Gasteiger partial charge in [0.15, 0.2) is 5.11 Å². The second-order valence-electron chi connectivity index (χ2n) is 3.51. The predicted octanol–water partition coefficient (Wildman–Crippen LogP) is 1.67. The van der Waals surface area contributed by atoms with E-state index in [9.17, 15) is 4.79 Å². The lowest BCUT2D eigenvalue weighted by molar-refractivity contribution is -0.123. The lowest BCUT2D eigenvalue weighted by Crippen LogP contribution is -2.40. The first-order valence-corrected chi connectivity index (χ1v) is 5.63. The Morgan fingerprint density at radius 3 is 2.60 bits per heavy atom. The molecule has 1 fully saturated rings. The maximum absolute atomic E-state index is 11.8. The molecular weight excluding hydrogens is 276 g/mol. The Balaban J connectivity index is 2.51. The Hall–Kier alpha value is -0.940. The molecule has 0 spiro atoms. The molecule has 0 bridgehead atoms. The number of carbonyl (C=O) groups excluding carboxylic acids is 1. The molecule has 1 saturated heterocycles. The first kappa shape index (κ1) is 10.6. The highest BCUT2D eigenvalue weighted by Gasteiger charge is 2.42. The zero-order valence-electron chi connectivity index (χ0n) is 8.00. The Kier molecular flexibility index (Phi) is 2.52. The van der Waals surface area contributed by atoms with Crippen LogP contribution in [-0.4, -0.2) is 11.0 Å². The minimum absolute atomic E-state index is 0.126. The molecule has 1 unspecified atom stereocenters. The third-order valence-electron chi connectivity index (χ3n) is 2.46. The van der Waals surface area contributed by atoms with Gasteiger partial charge in [-0.2, -0.15) is 0 Å². The number of benzene rings is 1. The summed E-state index contributed by atoms with van der Waals surface area (Å²) in [7, 11) is 0. The summed E-state index contributed by atoms with van der Waals surface area (Å²) < 4.78 is 0.889. The van der Waals surface area contributed by atoms with Gasteiger partial charge in [0, 0.05) is 10.0 Å². The van der Waals surface area contributed by atoms with E-state index < -0.39 is 5.54 Å². The molecule has 1 aromatic carbocycles. The Morgan fingerprint density at radius 1 is 1.40 bits per heavy atom. The van der Waals surface area contributed by atoms with Crippen molar-refractivity contribution >= 4 is 39.2 Å². The fraction of sp³-hybridized carbons (Fsp3) is 0.200. The lowest BCUT2D eigenvalue weighted by atomic mass is 9.92. The maximum atomic E-state index is 11.8. The first-order valence-electron chi connectivity index (χ1n) is 4.42. The number of nitrogens with one attached hydrogen (secondary N) is 2. The van der Waals surface area contributed by atoms with Crippen LogP contribution in [-0.2, 0) is 10.3 Å². The summed E-state index contributed by atoms with van der Waals surface area (Å²) in [6.07, 6.45) is 0. The lowest BCUT2D eigenvalue weighted by Gasteiger charge is -2.22. The molecular formula is C10H9BrN2OS. The summed E-state index contributed by atoms with van der Waals surface area (Å²) >= 11 is 8.36. The molecule has 0 aromatic heterocycles. The Morgan fingerprint density at radius 2 is 2.07 bits per heavy atom. The molecule has 1 atom stereocenters. The van der Waals surface area contributed by atoms with Gasteiger partial charge in [0.2, 0.25) is 0 Å². The zero-order chi connectivity index (χ0) is 11.1. The normalized spacial score (nSPS) is 24.9. The van der Waals surface area contributed by atoms with E-state index in [0.29, 0.717) is 5.11 Å². The fourth-order valence-electron chi connectivity index (χ4n) is 1.60. The van der Waals surface area contributed by atoms with Gasteiger partial charge in [-0.3, -0.25) is 4.79 Å². The van der Waals surface area contributed by atoms with Gasteiger partial charge in [-0.05, 0) is 25.2 Å². The molecule has 1 heterocycles. The van der Waals surface area contributed by atoms with Gasteiger partial charge in [-0.25, -0.2) is 0 Å². The third kappa shape index (κ3) is 1.66. The van der Waals surface area contributed by atoms with Gasteiger partial charge < -0.3 is 10.6 Å². The van der Waals surface area contributed by atoms with E-state index >= 15 is 0 Å². The average Bonchev–Trinajstić information content (AvgIpc) is 2.42. The minimum atomic E-state index is -0.781. The molecule has 15 heavy (non-hydrogen) atoms. The molecule has 1 amide bonds. The van der Waals surface area contributed by atoms with E-state index in [2.05, 4.69) is 26.6 Å². The van der Waals surface area contributed by atoms with E-state index in [1.54, 1.807) is 0 Å². The van der Waals surface area contributed by atoms with E-state index in [1.165, 1.54) is 0 Å². The average molecular weight is 285 g/mol. The highest BCUT2D eigenvalue weighted by atomic mass is 79.9. The van der Waals surface area contributed by atoms with Crippen LogP contribution in [0.5, 0.6) is 0 Å². The van der Waals surface area contributed by atoms with E-state index in [-0.39, 0.29) is 5.91 Å². The van der Waals surface area contributed by atoms with Crippen molar-refractivity contribution in [1.29, 1.82) is 0 Å². The van der Waals surface area contributed by atoms with Gasteiger partial charge >= 0.3 is 0 Å². The Labute approximate surface area is 101 Å². The van der Waals surface area contributed by atoms with Crippen LogP contribution in [0.2, 0.25) is 0 Å². The first-order chi connectivity index (χ1) is 7.04. The standard InChI is InChI=1S/C10H9BrN2OS/c1-10(8(14)12-9(15)13-10)6-4-2-3-5-7(6)11/h2-5H,1H3,(H2,12,13,14,15). The molecule has 1 aromatic rings. The molecule has 2 N–H and O–H groups in total. The van der Waals surface area contributed by atoms with Crippen LogP contribution in [0.4, 0.5) is 0 Å². The summed E-state index contributed by atoms with van der Waals surface area (Å²) in [6, 6.07) is 7.59. The van der Waals surface area contributed by atoms with Crippen LogP contribution in [0.25, 0.3) is 0 Å². The molecule has 1 aliphatic heterocycles. The van der Waals surface area contributed by atoms with Crippen LogP contribution < -0.4 is 10.6 Å². The van der Waals surface area contributed by atoms with Gasteiger partial charge in [0.1, 0.15) is 5.54 Å². The second-order valence-corrected chi connectivity index (χ2v) is 4.78. The van der Waals surface area contributed by atoms with Crippen LogP contribution in [0.15, 0.2) is 28.7 Å². The summed E-state index contributed by atoms with van der Waals surface area (Å²) in [6.45, 7) is 1.81. The molecule has 5 heteroatoms. The molecule has 1 aliphatic rings. The Bertz CT molecular complexity index is 449. The number of carbonyl (C=O) groups is 1. The van der Waals surface area contributed by atoms with Crippen molar-refractivity contribution in [1.82, 2.24) is 10.6 Å². The van der Waals surface area contributed by atoms with E-state index in [0.717, 1.165) is 10.0 Å². The molecule has 78 valence electrons. The number of hydrogen-bond donors (Lipinski definition) is 2. The van der Waals surface area contributed by atoms with Crippen LogP contribution in [0.1, 0.15) is 12.5 Å². The fourth-order valence-corrected chi connectivity index (χ4v) is 2.58. The molecule has 2 rings (SSSR count). The van der Waals surface area contributed by atoms with Crippen LogP contribution >= 0.6 is 28.1 Å². The summed E-state index contributed by atoms with van der Waals surface area (Å²) in [5, 5.41) is 5.94. The summed E-state index contributed by atoms with van der Waals surface area (Å²) in [4.78, 5) is 11.8. The van der Waals surface area contributed by atoms with Crippen LogP contribution in [0, 0.1) is 0 Å². The van der Waals surface area contributed by atoms with Gasteiger partial charge in [0.05, 0.1) is 0 Å². The number of thiocarbonyl (C=S) groups is 1. The van der Waals surface area contributed by atoms with Crippen molar-refractivity contribution in [2.45, 2.75) is 12.5 Å². The number of amides is 1. The number of halogens is 1. The van der Waals surface area contributed by atoms with Crippen molar-refractivity contribution < 1.29 is 4.79 Å². The zero-order valence-corrected chi connectivity index (χ0v) is 10.4. The quantitative estimate of drug-likeness (QED) is 0.771. The highest BCUT2D eigenvalue weighted by molar-refractivity contribution is 9.10. The van der Waals surface area contributed by atoms with Crippen molar-refractivity contribution in [3.63, 3.8) is 0 Å². The monoisotopic (exact) mass is 284 g/mol. The smallest absolute Gasteiger partial charge is 0.256 e. The molecule has 3 nitrogen and oxygen atoms in total. The predicted molar refractivity (Wildman–Crippen MR) is 65.4 cm³/mol. The molecule has 0 radical (unpaired) electrons. The van der Waals surface area contributed by atoms with Crippen LogP contribution in [0.3, 0.4) is 0 Å². The van der Waals surface area contributed by atoms with Crippen molar-refractivity contribution in [3.8, 4) is 0 Å². The second kappa shape index (κ2) is 3.57. The van der Waals surface area contributed by atoms with Crippen molar-refractivity contribution in [2.75, 3.05) is 0 Å². The number of rotatable bonds is 1. The van der Waals surface area contributed by atoms with Gasteiger partial charge in [-0.1, -0.05) is 34.1 Å². The van der Waals surface area contributed by atoms with E-state index in [4.69, 9.17) is 12.2 Å².